The van der Waals surface area contributed by atoms with Gasteiger partial charge in [-0.2, -0.15) is 31.4 Å². The van der Waals surface area contributed by atoms with Gasteiger partial charge < -0.3 is 9.47 Å². The Labute approximate surface area is 211 Å². The molecule has 4 rings (SSSR count). The van der Waals surface area contributed by atoms with Crippen LogP contribution in [0.25, 0.3) is 0 Å². The highest BCUT2D eigenvalue weighted by molar-refractivity contribution is 5.34. The molecular formula is C24H23F7N4O3. The summed E-state index contributed by atoms with van der Waals surface area (Å²) in [6.07, 6.45) is -12.5. The monoisotopic (exact) mass is 548 g/mol. The van der Waals surface area contributed by atoms with Crippen molar-refractivity contribution in [3.05, 3.63) is 86.8 Å². The lowest BCUT2D eigenvalue weighted by molar-refractivity contribution is -0.235. The van der Waals surface area contributed by atoms with Crippen LogP contribution in [0.1, 0.15) is 60.1 Å². The third kappa shape index (κ3) is 6.08. The Hall–Kier alpha value is -3.23. The smallest absolute Gasteiger partial charge is 0.349 e. The van der Waals surface area contributed by atoms with Gasteiger partial charge in [-0.25, -0.2) is 14.3 Å². The van der Waals surface area contributed by atoms with Gasteiger partial charge in [0.1, 0.15) is 11.6 Å². The second-order valence-corrected chi connectivity index (χ2v) is 8.83. The number of alkyl halides is 6. The van der Waals surface area contributed by atoms with Gasteiger partial charge in [-0.3, -0.25) is 9.88 Å². The van der Waals surface area contributed by atoms with E-state index in [4.69, 9.17) is 9.47 Å². The summed E-state index contributed by atoms with van der Waals surface area (Å²) in [7, 11) is 0. The van der Waals surface area contributed by atoms with Crippen molar-refractivity contribution < 1.29 is 40.2 Å². The lowest BCUT2D eigenvalue weighted by Crippen LogP contribution is -2.47. The summed E-state index contributed by atoms with van der Waals surface area (Å²) in [5.41, 5.74) is -3.31. The molecule has 4 atom stereocenters. The minimum atomic E-state index is -5.01. The van der Waals surface area contributed by atoms with Gasteiger partial charge in [-0.05, 0) is 55.3 Å². The van der Waals surface area contributed by atoms with Crippen molar-refractivity contribution in [2.45, 2.75) is 50.7 Å². The van der Waals surface area contributed by atoms with Crippen molar-refractivity contribution in [1.29, 1.82) is 0 Å². The van der Waals surface area contributed by atoms with Gasteiger partial charge in [0, 0.05) is 6.54 Å². The number of benzene rings is 2. The maximum absolute atomic E-state index is 13.7. The molecule has 38 heavy (non-hydrogen) atoms. The molecule has 14 heteroatoms. The number of nitrogens with zero attached hydrogens (tertiary/aromatic N) is 2. The van der Waals surface area contributed by atoms with E-state index < -0.39 is 59.5 Å². The Bertz CT molecular complexity index is 1270. The lowest BCUT2D eigenvalue weighted by atomic mass is 9.99. The van der Waals surface area contributed by atoms with Crippen LogP contribution < -0.4 is 5.69 Å². The molecule has 2 N–H and O–H groups in total. The highest BCUT2D eigenvalue weighted by Gasteiger charge is 2.41. The maximum Gasteiger partial charge on any atom is 0.416 e. The normalized spacial score (nSPS) is 20.9. The third-order valence-electron chi connectivity index (χ3n) is 6.29. The Morgan fingerprint density at radius 1 is 1.03 bits per heavy atom. The van der Waals surface area contributed by atoms with E-state index in [-0.39, 0.29) is 24.1 Å². The van der Waals surface area contributed by atoms with E-state index in [0.717, 1.165) is 0 Å². The number of halogens is 7. The molecule has 7 nitrogen and oxygen atoms in total. The van der Waals surface area contributed by atoms with Gasteiger partial charge in [-0.1, -0.05) is 12.1 Å². The average molecular weight is 548 g/mol. The van der Waals surface area contributed by atoms with E-state index in [1.807, 2.05) is 4.90 Å². The first kappa shape index (κ1) is 27.8. The number of morpholine rings is 1. The van der Waals surface area contributed by atoms with E-state index >= 15 is 0 Å². The molecule has 1 fully saturated rings. The number of hydrogen-bond acceptors (Lipinski definition) is 5. The number of aromatic amines is 2. The summed E-state index contributed by atoms with van der Waals surface area (Å²) in [6, 6.07) is 5.27. The van der Waals surface area contributed by atoms with Crippen LogP contribution in [0.5, 0.6) is 0 Å². The topological polar surface area (TPSA) is 83.2 Å². The van der Waals surface area contributed by atoms with Crippen LogP contribution in [0.2, 0.25) is 0 Å². The van der Waals surface area contributed by atoms with Crippen molar-refractivity contribution in [3.8, 4) is 0 Å². The fourth-order valence-corrected chi connectivity index (χ4v) is 4.35. The fraction of sp³-hybridized carbons (Fsp3) is 0.417. The van der Waals surface area contributed by atoms with E-state index in [0.29, 0.717) is 24.2 Å². The van der Waals surface area contributed by atoms with Crippen molar-refractivity contribution in [2.75, 3.05) is 13.2 Å². The minimum Gasteiger partial charge on any atom is -0.349 e. The standard InChI is InChI=1S/C24H23F7N4O3/c1-12(20-32-22(36)34-33-20)35-7-8-37-21(19(35)14-3-5-18(25)6-4-14)38-13(2)15-9-16(23(26,27)28)11-17(10-15)24(29,30)31/h3-6,9-13,19,21H,7-8H2,1-2H3,(H2,32,33,34,36). The first-order valence-electron chi connectivity index (χ1n) is 11.5. The molecule has 1 saturated heterocycles. The first-order chi connectivity index (χ1) is 17.7. The molecule has 206 valence electrons. The van der Waals surface area contributed by atoms with Crippen LogP contribution in [-0.4, -0.2) is 39.5 Å². The predicted molar refractivity (Wildman–Crippen MR) is 119 cm³/mol. The van der Waals surface area contributed by atoms with Gasteiger partial charge in [0.15, 0.2) is 6.29 Å². The Balaban J connectivity index is 1.70. The zero-order chi connectivity index (χ0) is 27.8. The first-order valence-corrected chi connectivity index (χ1v) is 11.5. The quantitative estimate of drug-likeness (QED) is 0.397. The summed E-state index contributed by atoms with van der Waals surface area (Å²) < 4.78 is 106. The molecule has 0 aliphatic carbocycles. The number of ether oxygens (including phenoxy) is 2. The zero-order valence-corrected chi connectivity index (χ0v) is 20.0. The van der Waals surface area contributed by atoms with Gasteiger partial charge in [-0.15, -0.1) is 0 Å². The van der Waals surface area contributed by atoms with Crippen LogP contribution in [0, 0.1) is 5.82 Å². The largest absolute Gasteiger partial charge is 0.416 e. The number of rotatable bonds is 6. The molecule has 0 radical (unpaired) electrons. The molecule has 2 heterocycles. The summed E-state index contributed by atoms with van der Waals surface area (Å²) in [5.74, 6) is -0.236. The van der Waals surface area contributed by atoms with Crippen molar-refractivity contribution in [3.63, 3.8) is 0 Å². The molecule has 0 bridgehead atoms. The van der Waals surface area contributed by atoms with Gasteiger partial charge >= 0.3 is 18.0 Å². The van der Waals surface area contributed by atoms with Gasteiger partial charge in [0.2, 0.25) is 0 Å². The predicted octanol–water partition coefficient (Wildman–Crippen LogP) is 5.51. The molecule has 3 aromatic rings. The second kappa shape index (κ2) is 10.5. The van der Waals surface area contributed by atoms with Crippen molar-refractivity contribution >= 4 is 0 Å². The maximum atomic E-state index is 13.7. The molecule has 2 aromatic carbocycles. The van der Waals surface area contributed by atoms with Crippen LogP contribution in [0.3, 0.4) is 0 Å². The number of hydrogen-bond donors (Lipinski definition) is 2. The van der Waals surface area contributed by atoms with Gasteiger partial charge in [0.05, 0.1) is 35.9 Å². The van der Waals surface area contributed by atoms with E-state index in [2.05, 4.69) is 15.2 Å². The SMILES string of the molecule is CC(OC1OCCN(C(C)c2n[nH]c(=O)[nH]2)C1c1ccc(F)cc1)c1cc(C(F)(F)F)cc(C(F)(F)F)c1. The zero-order valence-electron chi connectivity index (χ0n) is 20.0. The van der Waals surface area contributed by atoms with Crippen LogP contribution in [-0.2, 0) is 21.8 Å². The minimum absolute atomic E-state index is 0.0444. The van der Waals surface area contributed by atoms with Crippen LogP contribution >= 0.6 is 0 Å². The van der Waals surface area contributed by atoms with E-state index in [1.165, 1.54) is 31.2 Å². The number of nitrogens with one attached hydrogen (secondary N) is 2. The molecule has 0 saturated carbocycles. The van der Waals surface area contributed by atoms with Crippen LogP contribution in [0.4, 0.5) is 30.7 Å². The Kier molecular flexibility index (Phi) is 7.68. The molecule has 0 amide bonds. The molecular weight excluding hydrogens is 525 g/mol. The number of H-pyrrole nitrogens is 2. The third-order valence-corrected chi connectivity index (χ3v) is 6.29. The van der Waals surface area contributed by atoms with E-state index in [1.54, 1.807) is 6.92 Å². The molecule has 4 unspecified atom stereocenters. The summed E-state index contributed by atoms with van der Waals surface area (Å²) in [6.45, 7) is 3.43. The Morgan fingerprint density at radius 3 is 2.16 bits per heavy atom. The summed E-state index contributed by atoms with van der Waals surface area (Å²) in [5, 5.41) is 6.21. The fourth-order valence-electron chi connectivity index (χ4n) is 4.35. The van der Waals surface area contributed by atoms with Crippen molar-refractivity contribution in [1.82, 2.24) is 20.1 Å². The van der Waals surface area contributed by atoms with Gasteiger partial charge in [0.25, 0.3) is 0 Å². The lowest BCUT2D eigenvalue weighted by Gasteiger charge is -2.44. The van der Waals surface area contributed by atoms with E-state index in [9.17, 15) is 35.5 Å². The van der Waals surface area contributed by atoms with Crippen LogP contribution in [0.15, 0.2) is 47.3 Å². The molecule has 0 spiro atoms. The summed E-state index contributed by atoms with van der Waals surface area (Å²) in [4.78, 5) is 16.0. The summed E-state index contributed by atoms with van der Waals surface area (Å²) >= 11 is 0. The molecule has 1 aliphatic heterocycles. The highest BCUT2D eigenvalue weighted by atomic mass is 19.4. The number of aromatic nitrogens is 3. The Morgan fingerprint density at radius 2 is 1.63 bits per heavy atom. The molecule has 1 aromatic heterocycles. The highest BCUT2D eigenvalue weighted by Crippen LogP contribution is 2.41. The average Bonchev–Trinajstić information content (AvgIpc) is 3.29. The molecule has 1 aliphatic rings. The van der Waals surface area contributed by atoms with Crippen molar-refractivity contribution in [2.24, 2.45) is 0 Å². The second-order valence-electron chi connectivity index (χ2n) is 8.83.